The number of nitrogens with zero attached hydrogens (tertiary/aromatic N) is 2. The van der Waals surface area contributed by atoms with Gasteiger partial charge in [-0.25, -0.2) is 12.7 Å². The summed E-state index contributed by atoms with van der Waals surface area (Å²) in [6.45, 7) is 2.79. The number of benzene rings is 1. The van der Waals surface area contributed by atoms with E-state index in [0.717, 1.165) is 17.9 Å². The lowest BCUT2D eigenvalue weighted by Gasteiger charge is -2.37. The molecule has 2 aliphatic rings. The van der Waals surface area contributed by atoms with Crippen molar-refractivity contribution in [2.24, 2.45) is 0 Å². The maximum absolute atomic E-state index is 12.8. The van der Waals surface area contributed by atoms with E-state index >= 15 is 0 Å². The van der Waals surface area contributed by atoms with Crippen LogP contribution in [-0.4, -0.2) is 69.1 Å². The number of methoxy groups -OCH3 is 1. The molecule has 1 unspecified atom stereocenters. The van der Waals surface area contributed by atoms with Gasteiger partial charge in [-0.2, -0.15) is 0 Å². The number of hydrogen-bond acceptors (Lipinski definition) is 5. The molecule has 2 aliphatic heterocycles. The molecule has 138 valence electrons. The summed E-state index contributed by atoms with van der Waals surface area (Å²) >= 11 is 0. The van der Waals surface area contributed by atoms with Crippen LogP contribution in [0.2, 0.25) is 0 Å². The highest BCUT2D eigenvalue weighted by Gasteiger charge is 2.32. The predicted octanol–water partition coefficient (Wildman–Crippen LogP) is 0.594. The van der Waals surface area contributed by atoms with Gasteiger partial charge in [0.25, 0.3) is 0 Å². The van der Waals surface area contributed by atoms with E-state index < -0.39 is 10.0 Å². The Hall–Kier alpha value is -1.64. The number of sulfonamides is 1. The van der Waals surface area contributed by atoms with Crippen molar-refractivity contribution in [3.05, 3.63) is 29.8 Å². The Labute approximate surface area is 149 Å². The minimum atomic E-state index is -3.16. The number of amides is 1. The molecular weight excluding hydrogens is 342 g/mol. The van der Waals surface area contributed by atoms with Gasteiger partial charge in [-0.3, -0.25) is 4.79 Å². The first-order chi connectivity index (χ1) is 12.0. The molecular formula is C17H25N3O4S. The first-order valence-corrected chi connectivity index (χ1v) is 10.2. The highest BCUT2D eigenvalue weighted by Crippen LogP contribution is 2.30. The minimum Gasteiger partial charge on any atom is -0.496 e. The minimum absolute atomic E-state index is 0.0143. The Bertz CT molecular complexity index is 722. The summed E-state index contributed by atoms with van der Waals surface area (Å²) in [5.41, 5.74) is 0.972. The smallest absolute Gasteiger partial charge is 0.224 e. The van der Waals surface area contributed by atoms with Gasteiger partial charge in [0.1, 0.15) is 5.75 Å². The maximum atomic E-state index is 12.8. The highest BCUT2D eigenvalue weighted by molar-refractivity contribution is 7.89. The van der Waals surface area contributed by atoms with Crippen molar-refractivity contribution in [2.75, 3.05) is 45.6 Å². The van der Waals surface area contributed by atoms with Crippen LogP contribution in [0.15, 0.2) is 24.3 Å². The van der Waals surface area contributed by atoms with Gasteiger partial charge in [-0.05, 0) is 12.5 Å². The monoisotopic (exact) mass is 367 g/mol. The first-order valence-electron chi connectivity index (χ1n) is 8.64. The number of para-hydroxylation sites is 1. The highest BCUT2D eigenvalue weighted by atomic mass is 32.2. The molecule has 2 heterocycles. The van der Waals surface area contributed by atoms with Crippen LogP contribution in [0.3, 0.4) is 0 Å². The normalized spacial score (nSPS) is 23.6. The van der Waals surface area contributed by atoms with Gasteiger partial charge in [-0.15, -0.1) is 0 Å². The SMILES string of the molecule is COc1ccccc1C1CNCCN1C(=O)CCN1CCCS1(=O)=O. The van der Waals surface area contributed by atoms with E-state index in [1.165, 1.54) is 4.31 Å². The van der Waals surface area contributed by atoms with E-state index in [0.29, 0.717) is 26.1 Å². The van der Waals surface area contributed by atoms with Crippen LogP contribution >= 0.6 is 0 Å². The molecule has 1 atom stereocenters. The van der Waals surface area contributed by atoms with Crippen LogP contribution in [0.4, 0.5) is 0 Å². The van der Waals surface area contributed by atoms with Crippen molar-refractivity contribution in [3.63, 3.8) is 0 Å². The third kappa shape index (κ3) is 3.96. The second-order valence-corrected chi connectivity index (χ2v) is 8.46. The Morgan fingerprint density at radius 2 is 2.12 bits per heavy atom. The molecule has 1 aromatic carbocycles. The number of carbonyl (C=O) groups excluding carboxylic acids is 1. The fraction of sp³-hybridized carbons (Fsp3) is 0.588. The van der Waals surface area contributed by atoms with Crippen molar-refractivity contribution in [2.45, 2.75) is 18.9 Å². The van der Waals surface area contributed by atoms with E-state index in [1.54, 1.807) is 7.11 Å². The summed E-state index contributed by atoms with van der Waals surface area (Å²) in [6, 6.07) is 7.60. The number of hydrogen-bond donors (Lipinski definition) is 1. The summed E-state index contributed by atoms with van der Waals surface area (Å²) < 4.78 is 30.7. The lowest BCUT2D eigenvalue weighted by molar-refractivity contribution is -0.134. The first kappa shape index (κ1) is 18.2. The van der Waals surface area contributed by atoms with Crippen molar-refractivity contribution < 1.29 is 17.9 Å². The number of ether oxygens (including phenoxy) is 1. The molecule has 1 amide bonds. The van der Waals surface area contributed by atoms with Gasteiger partial charge in [0.05, 0.1) is 18.9 Å². The zero-order valence-electron chi connectivity index (χ0n) is 14.5. The summed E-state index contributed by atoms with van der Waals surface area (Å²) in [6.07, 6.45) is 0.860. The third-order valence-electron chi connectivity index (χ3n) is 4.84. The van der Waals surface area contributed by atoms with Crippen molar-refractivity contribution in [1.29, 1.82) is 0 Å². The molecule has 3 rings (SSSR count). The molecule has 2 fully saturated rings. The molecule has 0 saturated carbocycles. The molecule has 0 radical (unpaired) electrons. The number of rotatable bonds is 5. The quantitative estimate of drug-likeness (QED) is 0.824. The second-order valence-electron chi connectivity index (χ2n) is 6.37. The Balaban J connectivity index is 1.71. The molecule has 0 aromatic heterocycles. The molecule has 1 N–H and O–H groups in total. The summed E-state index contributed by atoms with van der Waals surface area (Å²) in [5.74, 6) is 0.939. The molecule has 2 saturated heterocycles. The van der Waals surface area contributed by atoms with Gasteiger partial charge in [0, 0.05) is 44.7 Å². The molecule has 0 aliphatic carbocycles. The average Bonchev–Trinajstić information content (AvgIpc) is 2.97. The number of nitrogens with one attached hydrogen (secondary N) is 1. The zero-order chi connectivity index (χ0) is 17.9. The average molecular weight is 367 g/mol. The van der Waals surface area contributed by atoms with Gasteiger partial charge >= 0.3 is 0 Å². The maximum Gasteiger partial charge on any atom is 0.224 e. The molecule has 0 spiro atoms. The summed E-state index contributed by atoms with van der Waals surface area (Å²) in [4.78, 5) is 14.6. The van der Waals surface area contributed by atoms with Crippen molar-refractivity contribution >= 4 is 15.9 Å². The lowest BCUT2D eigenvalue weighted by atomic mass is 10.0. The number of piperazine rings is 1. The van der Waals surface area contributed by atoms with E-state index in [1.807, 2.05) is 29.2 Å². The molecule has 8 heteroatoms. The van der Waals surface area contributed by atoms with Crippen LogP contribution < -0.4 is 10.1 Å². The predicted molar refractivity (Wildman–Crippen MR) is 94.9 cm³/mol. The van der Waals surface area contributed by atoms with Gasteiger partial charge in [0.15, 0.2) is 0 Å². The molecule has 25 heavy (non-hydrogen) atoms. The van der Waals surface area contributed by atoms with Gasteiger partial charge in [0.2, 0.25) is 15.9 Å². The van der Waals surface area contributed by atoms with Crippen LogP contribution in [0.5, 0.6) is 5.75 Å². The fourth-order valence-electron chi connectivity index (χ4n) is 3.53. The van der Waals surface area contributed by atoms with Crippen LogP contribution in [0.25, 0.3) is 0 Å². The van der Waals surface area contributed by atoms with Gasteiger partial charge in [-0.1, -0.05) is 18.2 Å². The van der Waals surface area contributed by atoms with E-state index in [9.17, 15) is 13.2 Å². The Morgan fingerprint density at radius 1 is 1.32 bits per heavy atom. The zero-order valence-corrected chi connectivity index (χ0v) is 15.3. The Kier molecular flexibility index (Phi) is 5.61. The van der Waals surface area contributed by atoms with Gasteiger partial charge < -0.3 is 15.0 Å². The summed E-state index contributed by atoms with van der Waals surface area (Å²) in [7, 11) is -1.54. The molecule has 1 aromatic rings. The van der Waals surface area contributed by atoms with Crippen LogP contribution in [0, 0.1) is 0 Å². The third-order valence-corrected chi connectivity index (χ3v) is 6.80. The fourth-order valence-corrected chi connectivity index (χ4v) is 5.06. The van der Waals surface area contributed by atoms with Crippen molar-refractivity contribution in [3.8, 4) is 5.75 Å². The van der Waals surface area contributed by atoms with E-state index in [-0.39, 0.29) is 30.7 Å². The van der Waals surface area contributed by atoms with Crippen LogP contribution in [-0.2, 0) is 14.8 Å². The Morgan fingerprint density at radius 3 is 2.84 bits per heavy atom. The topological polar surface area (TPSA) is 79.0 Å². The largest absolute Gasteiger partial charge is 0.496 e. The van der Waals surface area contributed by atoms with E-state index in [2.05, 4.69) is 5.32 Å². The van der Waals surface area contributed by atoms with E-state index in [4.69, 9.17) is 4.74 Å². The lowest BCUT2D eigenvalue weighted by Crippen LogP contribution is -2.49. The molecule has 0 bridgehead atoms. The molecule has 7 nitrogen and oxygen atoms in total. The van der Waals surface area contributed by atoms with Crippen molar-refractivity contribution in [1.82, 2.24) is 14.5 Å². The standard InChI is InChI=1S/C17H25N3O4S/c1-24-16-6-3-2-5-14(16)15-13-18-8-11-20(15)17(21)7-10-19-9-4-12-25(19,22)23/h2-3,5-6,15,18H,4,7-13H2,1H3. The second kappa shape index (κ2) is 7.72. The van der Waals surface area contributed by atoms with Crippen LogP contribution in [0.1, 0.15) is 24.4 Å². The number of carbonyl (C=O) groups is 1. The summed E-state index contributed by atoms with van der Waals surface area (Å²) in [5, 5.41) is 3.32.